The van der Waals surface area contributed by atoms with Crippen LogP contribution in [-0.4, -0.2) is 53.2 Å². The quantitative estimate of drug-likeness (QED) is 0.808. The van der Waals surface area contributed by atoms with Crippen LogP contribution in [0.15, 0.2) is 18.2 Å². The highest BCUT2D eigenvalue weighted by molar-refractivity contribution is 6.22. The summed E-state index contributed by atoms with van der Waals surface area (Å²) in [6, 6.07) is 5.10. The number of likely N-dealkylation sites (tertiary alicyclic amines) is 1. The Bertz CT molecular complexity index is 656. The Morgan fingerprint density at radius 3 is 2.73 bits per heavy atom. The first-order valence-corrected chi connectivity index (χ1v) is 7.47. The molecule has 6 nitrogen and oxygen atoms in total. The van der Waals surface area contributed by atoms with Crippen LogP contribution in [0.5, 0.6) is 0 Å². The summed E-state index contributed by atoms with van der Waals surface area (Å²) in [5.41, 5.74) is 7.54. The van der Waals surface area contributed by atoms with Gasteiger partial charge in [-0.25, -0.2) is 0 Å². The number of piperidine rings is 1. The van der Waals surface area contributed by atoms with Gasteiger partial charge >= 0.3 is 0 Å². The van der Waals surface area contributed by atoms with E-state index in [2.05, 4.69) is 0 Å². The zero-order chi connectivity index (χ0) is 15.9. The lowest BCUT2D eigenvalue weighted by molar-refractivity contribution is -0.132. The van der Waals surface area contributed by atoms with Crippen LogP contribution in [0.25, 0.3) is 0 Å². The summed E-state index contributed by atoms with van der Waals surface area (Å²) in [6.07, 6.45) is 1.75. The van der Waals surface area contributed by atoms with E-state index in [0.29, 0.717) is 24.2 Å². The molecule has 0 saturated carbocycles. The number of carbonyl (C=O) groups excluding carboxylic acids is 3. The van der Waals surface area contributed by atoms with Crippen LogP contribution < -0.4 is 5.73 Å². The number of benzene rings is 1. The van der Waals surface area contributed by atoms with Gasteiger partial charge in [-0.15, -0.1) is 0 Å². The SMILES string of the molecule is Cc1ccc2c(c1)C(=O)N(CC(=O)N1CCCC(N)C1)C2=O. The van der Waals surface area contributed by atoms with Gasteiger partial charge in [0, 0.05) is 19.1 Å². The molecule has 22 heavy (non-hydrogen) atoms. The molecule has 1 atom stereocenters. The lowest BCUT2D eigenvalue weighted by Gasteiger charge is -2.31. The molecule has 3 amide bonds. The minimum Gasteiger partial charge on any atom is -0.340 e. The zero-order valence-corrected chi connectivity index (χ0v) is 12.5. The fourth-order valence-corrected chi connectivity index (χ4v) is 3.02. The fraction of sp³-hybridized carbons (Fsp3) is 0.438. The summed E-state index contributed by atoms with van der Waals surface area (Å²) in [7, 11) is 0. The monoisotopic (exact) mass is 301 g/mol. The smallest absolute Gasteiger partial charge is 0.262 e. The molecule has 2 N–H and O–H groups in total. The molecule has 0 aromatic heterocycles. The molecule has 2 heterocycles. The van der Waals surface area contributed by atoms with Crippen LogP contribution in [0.3, 0.4) is 0 Å². The van der Waals surface area contributed by atoms with E-state index < -0.39 is 11.8 Å². The number of imide groups is 1. The summed E-state index contributed by atoms with van der Waals surface area (Å²) in [6.45, 7) is 2.77. The van der Waals surface area contributed by atoms with Gasteiger partial charge in [0.2, 0.25) is 5.91 Å². The number of nitrogens with two attached hydrogens (primary N) is 1. The molecular formula is C16H19N3O3. The van der Waals surface area contributed by atoms with Gasteiger partial charge in [0.15, 0.2) is 0 Å². The summed E-state index contributed by atoms with van der Waals surface area (Å²) in [4.78, 5) is 39.7. The van der Waals surface area contributed by atoms with Crippen molar-refractivity contribution in [3.8, 4) is 0 Å². The van der Waals surface area contributed by atoms with E-state index >= 15 is 0 Å². The van der Waals surface area contributed by atoms with Crippen LogP contribution >= 0.6 is 0 Å². The number of aryl methyl sites for hydroxylation is 1. The Kier molecular flexibility index (Phi) is 3.70. The average molecular weight is 301 g/mol. The molecule has 1 unspecified atom stereocenters. The third-order valence-electron chi connectivity index (χ3n) is 4.23. The summed E-state index contributed by atoms with van der Waals surface area (Å²) < 4.78 is 0. The lowest BCUT2D eigenvalue weighted by atomic mass is 10.1. The molecule has 0 radical (unpaired) electrons. The van der Waals surface area contributed by atoms with Crippen LogP contribution in [0.2, 0.25) is 0 Å². The molecule has 1 aromatic carbocycles. The van der Waals surface area contributed by atoms with E-state index in [1.165, 1.54) is 0 Å². The number of fused-ring (bicyclic) bond motifs is 1. The summed E-state index contributed by atoms with van der Waals surface area (Å²) >= 11 is 0. The number of amides is 3. The van der Waals surface area contributed by atoms with Crippen molar-refractivity contribution in [2.75, 3.05) is 19.6 Å². The topological polar surface area (TPSA) is 83.7 Å². The van der Waals surface area contributed by atoms with Crippen molar-refractivity contribution in [2.45, 2.75) is 25.8 Å². The van der Waals surface area contributed by atoms with Crippen molar-refractivity contribution in [1.29, 1.82) is 0 Å². The first kappa shape index (κ1) is 14.7. The third-order valence-corrected chi connectivity index (χ3v) is 4.23. The van der Waals surface area contributed by atoms with Gasteiger partial charge in [-0.2, -0.15) is 0 Å². The van der Waals surface area contributed by atoms with Crippen molar-refractivity contribution >= 4 is 17.7 Å². The minimum atomic E-state index is -0.394. The molecule has 1 saturated heterocycles. The minimum absolute atomic E-state index is 0.0254. The second kappa shape index (κ2) is 5.53. The molecular weight excluding hydrogens is 282 g/mol. The third kappa shape index (κ3) is 2.50. The number of carbonyl (C=O) groups is 3. The lowest BCUT2D eigenvalue weighted by Crippen LogP contribution is -2.49. The summed E-state index contributed by atoms with van der Waals surface area (Å²) in [5, 5.41) is 0. The van der Waals surface area contributed by atoms with Gasteiger partial charge in [-0.3, -0.25) is 19.3 Å². The van der Waals surface area contributed by atoms with E-state index in [4.69, 9.17) is 5.73 Å². The largest absolute Gasteiger partial charge is 0.340 e. The number of hydrogen-bond acceptors (Lipinski definition) is 4. The van der Waals surface area contributed by atoms with Gasteiger partial charge < -0.3 is 10.6 Å². The maximum Gasteiger partial charge on any atom is 0.262 e. The highest BCUT2D eigenvalue weighted by Crippen LogP contribution is 2.24. The highest BCUT2D eigenvalue weighted by Gasteiger charge is 2.37. The second-order valence-corrected chi connectivity index (χ2v) is 5.99. The van der Waals surface area contributed by atoms with Crippen LogP contribution in [0, 0.1) is 6.92 Å². The second-order valence-electron chi connectivity index (χ2n) is 5.99. The van der Waals surface area contributed by atoms with Crippen molar-refractivity contribution in [2.24, 2.45) is 5.73 Å². The van der Waals surface area contributed by atoms with Gasteiger partial charge in [0.1, 0.15) is 6.54 Å². The van der Waals surface area contributed by atoms with Crippen LogP contribution in [-0.2, 0) is 4.79 Å². The maximum atomic E-state index is 12.4. The molecule has 2 aliphatic rings. The number of nitrogens with zero attached hydrogens (tertiary/aromatic N) is 2. The normalized spacial score (nSPS) is 21.3. The Hall–Kier alpha value is -2.21. The Balaban J connectivity index is 1.75. The van der Waals surface area contributed by atoms with Gasteiger partial charge in [0.25, 0.3) is 11.8 Å². The van der Waals surface area contributed by atoms with Crippen LogP contribution in [0.1, 0.15) is 39.1 Å². The molecule has 3 rings (SSSR count). The predicted molar refractivity (Wildman–Crippen MR) is 80.3 cm³/mol. The van der Waals surface area contributed by atoms with Crippen molar-refractivity contribution in [3.05, 3.63) is 34.9 Å². The van der Waals surface area contributed by atoms with Gasteiger partial charge in [-0.1, -0.05) is 11.6 Å². The number of rotatable bonds is 2. The van der Waals surface area contributed by atoms with E-state index in [-0.39, 0.29) is 18.5 Å². The van der Waals surface area contributed by atoms with Crippen molar-refractivity contribution in [3.63, 3.8) is 0 Å². The Labute approximate surface area is 128 Å². The first-order valence-electron chi connectivity index (χ1n) is 7.47. The van der Waals surface area contributed by atoms with E-state index in [9.17, 15) is 14.4 Å². The molecule has 0 bridgehead atoms. The van der Waals surface area contributed by atoms with E-state index in [0.717, 1.165) is 23.3 Å². The average Bonchev–Trinajstić information content (AvgIpc) is 2.72. The molecule has 6 heteroatoms. The summed E-state index contributed by atoms with van der Waals surface area (Å²) in [5.74, 6) is -1.01. The van der Waals surface area contributed by atoms with Gasteiger partial charge in [0.05, 0.1) is 11.1 Å². The maximum absolute atomic E-state index is 12.4. The molecule has 2 aliphatic heterocycles. The van der Waals surface area contributed by atoms with Gasteiger partial charge in [-0.05, 0) is 31.9 Å². The number of hydrogen-bond donors (Lipinski definition) is 1. The van der Waals surface area contributed by atoms with Crippen molar-refractivity contribution in [1.82, 2.24) is 9.80 Å². The molecule has 1 fully saturated rings. The molecule has 0 aliphatic carbocycles. The van der Waals surface area contributed by atoms with Crippen LogP contribution in [0.4, 0.5) is 0 Å². The zero-order valence-electron chi connectivity index (χ0n) is 12.5. The predicted octanol–water partition coefficient (Wildman–Crippen LogP) is 0.541. The standard InChI is InChI=1S/C16H19N3O3/c1-10-4-5-12-13(7-10)16(22)19(15(12)21)9-14(20)18-6-2-3-11(17)8-18/h4-5,7,11H,2-3,6,8-9,17H2,1H3. The fourth-order valence-electron chi connectivity index (χ4n) is 3.02. The van der Waals surface area contributed by atoms with E-state index in [1.54, 1.807) is 23.1 Å². The molecule has 1 aromatic rings. The Morgan fingerprint density at radius 2 is 2.00 bits per heavy atom. The highest BCUT2D eigenvalue weighted by atomic mass is 16.2. The van der Waals surface area contributed by atoms with Crippen molar-refractivity contribution < 1.29 is 14.4 Å². The first-order chi connectivity index (χ1) is 10.5. The van der Waals surface area contributed by atoms with E-state index in [1.807, 2.05) is 6.92 Å². The molecule has 0 spiro atoms. The molecule has 116 valence electrons. The Morgan fingerprint density at radius 1 is 1.27 bits per heavy atom.